The summed E-state index contributed by atoms with van der Waals surface area (Å²) in [5.41, 5.74) is 6.37. The molecule has 0 aromatic heterocycles. The van der Waals surface area contributed by atoms with E-state index in [9.17, 15) is 4.21 Å². The second-order valence-corrected chi connectivity index (χ2v) is 4.50. The minimum absolute atomic E-state index is 0.475. The maximum Gasteiger partial charge on any atom is 0.118 e. The quantitative estimate of drug-likeness (QED) is 0.790. The molecule has 2 N–H and O–H groups in total. The van der Waals surface area contributed by atoms with Gasteiger partial charge >= 0.3 is 0 Å². The third kappa shape index (κ3) is 3.47. The van der Waals surface area contributed by atoms with Crippen LogP contribution in [0.2, 0.25) is 0 Å². The summed E-state index contributed by atoms with van der Waals surface area (Å²) in [6.45, 7) is 0.475. The van der Waals surface area contributed by atoms with Gasteiger partial charge in [0.15, 0.2) is 0 Å². The van der Waals surface area contributed by atoms with E-state index >= 15 is 0 Å². The maximum absolute atomic E-state index is 11.4. The number of hydrogen-bond donors (Lipinski definition) is 1. The van der Waals surface area contributed by atoms with Crippen molar-refractivity contribution in [3.8, 4) is 5.75 Å². The van der Waals surface area contributed by atoms with Gasteiger partial charge in [0, 0.05) is 28.9 Å². The lowest BCUT2D eigenvalue weighted by Crippen LogP contribution is -2.11. The number of methoxy groups -OCH3 is 1. The van der Waals surface area contributed by atoms with Crippen LogP contribution in [0.15, 0.2) is 24.3 Å². The van der Waals surface area contributed by atoms with Crippen LogP contribution in [0.5, 0.6) is 5.75 Å². The molecule has 3 nitrogen and oxygen atoms in total. The van der Waals surface area contributed by atoms with Crippen LogP contribution >= 0.6 is 0 Å². The topological polar surface area (TPSA) is 52.3 Å². The summed E-state index contributed by atoms with van der Waals surface area (Å²) < 4.78 is 16.4. The van der Waals surface area contributed by atoms with Gasteiger partial charge < -0.3 is 10.5 Å². The molecule has 78 valence electrons. The third-order valence-electron chi connectivity index (χ3n) is 1.83. The zero-order chi connectivity index (χ0) is 10.4. The predicted molar refractivity (Wildman–Crippen MR) is 58.8 cm³/mol. The van der Waals surface area contributed by atoms with Crippen molar-refractivity contribution in [1.82, 2.24) is 0 Å². The molecule has 1 aromatic rings. The zero-order valence-corrected chi connectivity index (χ0v) is 9.05. The fourth-order valence-corrected chi connectivity index (χ4v) is 2.08. The molecule has 1 unspecified atom stereocenters. The van der Waals surface area contributed by atoms with Crippen molar-refractivity contribution in [2.45, 2.75) is 5.75 Å². The molecular weight excluding hydrogens is 198 g/mol. The smallest absolute Gasteiger partial charge is 0.118 e. The van der Waals surface area contributed by atoms with Crippen LogP contribution < -0.4 is 10.5 Å². The lowest BCUT2D eigenvalue weighted by atomic mass is 10.2. The van der Waals surface area contributed by atoms with Gasteiger partial charge in [0.25, 0.3) is 0 Å². The SMILES string of the molecule is COc1ccc(CS(=O)CCN)cc1. The van der Waals surface area contributed by atoms with Gasteiger partial charge in [-0.3, -0.25) is 4.21 Å². The van der Waals surface area contributed by atoms with Crippen LogP contribution in [0.3, 0.4) is 0 Å². The van der Waals surface area contributed by atoms with Gasteiger partial charge in [0.2, 0.25) is 0 Å². The number of benzene rings is 1. The van der Waals surface area contributed by atoms with Crippen LogP contribution in [-0.2, 0) is 16.6 Å². The van der Waals surface area contributed by atoms with Crippen molar-refractivity contribution < 1.29 is 8.95 Å². The minimum atomic E-state index is -0.845. The summed E-state index contributed by atoms with van der Waals surface area (Å²) in [4.78, 5) is 0. The molecule has 0 aliphatic rings. The summed E-state index contributed by atoms with van der Waals surface area (Å²) >= 11 is 0. The Balaban J connectivity index is 2.55. The van der Waals surface area contributed by atoms with Gasteiger partial charge in [-0.2, -0.15) is 0 Å². The van der Waals surface area contributed by atoms with E-state index in [-0.39, 0.29) is 0 Å². The van der Waals surface area contributed by atoms with Gasteiger partial charge in [-0.05, 0) is 17.7 Å². The average molecular weight is 213 g/mol. The van der Waals surface area contributed by atoms with Crippen molar-refractivity contribution in [1.29, 1.82) is 0 Å². The molecular formula is C10H15NO2S. The molecule has 0 heterocycles. The summed E-state index contributed by atoms with van der Waals surface area (Å²) in [6, 6.07) is 7.59. The Morgan fingerprint density at radius 3 is 2.50 bits per heavy atom. The molecule has 1 atom stereocenters. The molecule has 0 saturated heterocycles. The lowest BCUT2D eigenvalue weighted by Gasteiger charge is -2.02. The Morgan fingerprint density at radius 1 is 1.36 bits per heavy atom. The van der Waals surface area contributed by atoms with E-state index in [0.29, 0.717) is 18.1 Å². The standard InChI is InChI=1S/C10H15NO2S/c1-13-10-4-2-9(3-5-10)8-14(12)7-6-11/h2-5H,6-8,11H2,1H3. The summed E-state index contributed by atoms with van der Waals surface area (Å²) in [7, 11) is 0.781. The summed E-state index contributed by atoms with van der Waals surface area (Å²) in [5.74, 6) is 1.95. The van der Waals surface area contributed by atoms with Gasteiger partial charge in [0.1, 0.15) is 5.75 Å². The summed E-state index contributed by atoms with van der Waals surface area (Å²) in [5, 5.41) is 0. The monoisotopic (exact) mass is 213 g/mol. The first kappa shape index (κ1) is 11.2. The molecule has 0 radical (unpaired) electrons. The van der Waals surface area contributed by atoms with E-state index in [0.717, 1.165) is 11.3 Å². The lowest BCUT2D eigenvalue weighted by molar-refractivity contribution is 0.414. The predicted octanol–water partition coefficient (Wildman–Crippen LogP) is 0.903. The van der Waals surface area contributed by atoms with Gasteiger partial charge in [-0.15, -0.1) is 0 Å². The van der Waals surface area contributed by atoms with Crippen LogP contribution in [0.1, 0.15) is 5.56 Å². The highest BCUT2D eigenvalue weighted by molar-refractivity contribution is 7.84. The number of ether oxygens (including phenoxy) is 1. The normalized spacial score (nSPS) is 12.4. The van der Waals surface area contributed by atoms with Crippen LogP contribution in [0.25, 0.3) is 0 Å². The van der Waals surface area contributed by atoms with Gasteiger partial charge in [-0.25, -0.2) is 0 Å². The number of rotatable bonds is 5. The fourth-order valence-electron chi connectivity index (χ4n) is 1.11. The molecule has 0 fully saturated rings. The molecule has 4 heteroatoms. The van der Waals surface area contributed by atoms with Crippen LogP contribution in [0, 0.1) is 0 Å². The van der Waals surface area contributed by atoms with E-state index in [1.165, 1.54) is 0 Å². The van der Waals surface area contributed by atoms with E-state index in [2.05, 4.69) is 0 Å². The van der Waals surface area contributed by atoms with E-state index in [1.54, 1.807) is 7.11 Å². The number of nitrogens with two attached hydrogens (primary N) is 1. The molecule has 0 spiro atoms. The van der Waals surface area contributed by atoms with E-state index in [1.807, 2.05) is 24.3 Å². The second-order valence-electron chi connectivity index (χ2n) is 2.93. The Bertz CT molecular complexity index is 297. The van der Waals surface area contributed by atoms with Crippen LogP contribution in [0.4, 0.5) is 0 Å². The molecule has 1 aromatic carbocycles. The van der Waals surface area contributed by atoms with Gasteiger partial charge in [0.05, 0.1) is 7.11 Å². The van der Waals surface area contributed by atoms with Crippen molar-refractivity contribution in [2.24, 2.45) is 5.73 Å². The number of hydrogen-bond acceptors (Lipinski definition) is 3. The summed E-state index contributed by atoms with van der Waals surface area (Å²) in [6.07, 6.45) is 0. The highest BCUT2D eigenvalue weighted by atomic mass is 32.2. The van der Waals surface area contributed by atoms with Crippen molar-refractivity contribution in [3.05, 3.63) is 29.8 Å². The Morgan fingerprint density at radius 2 is 2.00 bits per heavy atom. The van der Waals surface area contributed by atoms with Crippen molar-refractivity contribution in [2.75, 3.05) is 19.4 Å². The Kier molecular flexibility index (Phi) is 4.62. The first-order valence-corrected chi connectivity index (χ1v) is 5.93. The maximum atomic E-state index is 11.4. The molecule has 0 saturated carbocycles. The molecule has 0 bridgehead atoms. The Hall–Kier alpha value is -0.870. The average Bonchev–Trinajstić information content (AvgIpc) is 2.19. The molecule has 14 heavy (non-hydrogen) atoms. The molecule has 1 rings (SSSR count). The van der Waals surface area contributed by atoms with Crippen LogP contribution in [-0.4, -0.2) is 23.6 Å². The molecule has 0 aliphatic heterocycles. The second kappa shape index (κ2) is 5.78. The van der Waals surface area contributed by atoms with Crippen molar-refractivity contribution >= 4 is 10.8 Å². The highest BCUT2D eigenvalue weighted by Crippen LogP contribution is 2.12. The highest BCUT2D eigenvalue weighted by Gasteiger charge is 2.00. The third-order valence-corrected chi connectivity index (χ3v) is 3.18. The Labute approximate surface area is 86.7 Å². The minimum Gasteiger partial charge on any atom is -0.497 e. The molecule has 0 aliphatic carbocycles. The first-order valence-electron chi connectivity index (χ1n) is 4.44. The first-order chi connectivity index (χ1) is 6.76. The largest absolute Gasteiger partial charge is 0.497 e. The van der Waals surface area contributed by atoms with E-state index < -0.39 is 10.8 Å². The fraction of sp³-hybridized carbons (Fsp3) is 0.400. The zero-order valence-electron chi connectivity index (χ0n) is 8.23. The van der Waals surface area contributed by atoms with Crippen molar-refractivity contribution in [3.63, 3.8) is 0 Å². The molecule has 0 amide bonds. The van der Waals surface area contributed by atoms with Gasteiger partial charge in [-0.1, -0.05) is 12.1 Å². The van der Waals surface area contributed by atoms with E-state index in [4.69, 9.17) is 10.5 Å².